The molecule has 2 N–H and O–H groups in total. The van der Waals surface area contributed by atoms with Crippen LogP contribution in [0.4, 0.5) is 10.2 Å². The van der Waals surface area contributed by atoms with E-state index < -0.39 is 0 Å². The molecule has 0 bridgehead atoms. The molecule has 1 aromatic carbocycles. The minimum absolute atomic E-state index is 0.000307. The van der Waals surface area contributed by atoms with Crippen LogP contribution in [0.15, 0.2) is 61.2 Å². The number of hydrogen-bond acceptors (Lipinski definition) is 5. The number of anilines is 1. The van der Waals surface area contributed by atoms with Crippen molar-refractivity contribution in [3.05, 3.63) is 78.1 Å². The van der Waals surface area contributed by atoms with Crippen LogP contribution in [-0.4, -0.2) is 31.6 Å². The Morgan fingerprint density at radius 2 is 1.84 bits per heavy atom. The van der Waals surface area contributed by atoms with Gasteiger partial charge in [-0.2, -0.15) is 5.10 Å². The zero-order valence-corrected chi connectivity index (χ0v) is 17.0. The number of nitrogens with one attached hydrogen (secondary N) is 2. The van der Waals surface area contributed by atoms with Gasteiger partial charge in [-0.1, -0.05) is 6.07 Å². The van der Waals surface area contributed by atoms with E-state index in [2.05, 4.69) is 25.7 Å². The van der Waals surface area contributed by atoms with E-state index in [1.165, 1.54) is 18.3 Å². The van der Waals surface area contributed by atoms with E-state index in [0.717, 1.165) is 18.4 Å². The fourth-order valence-electron chi connectivity index (χ4n) is 3.36. The van der Waals surface area contributed by atoms with Gasteiger partial charge in [0.1, 0.15) is 11.6 Å². The molecule has 1 saturated carbocycles. The number of carbonyl (C=O) groups excluding carboxylic acids is 2. The van der Waals surface area contributed by atoms with Gasteiger partial charge in [0.25, 0.3) is 5.91 Å². The maximum Gasteiger partial charge on any atom is 0.253 e. The molecule has 0 radical (unpaired) electrons. The minimum Gasteiger partial charge on any atom is -0.348 e. The second kappa shape index (κ2) is 8.18. The van der Waals surface area contributed by atoms with Crippen LogP contribution in [0.3, 0.4) is 0 Å². The molecule has 1 aliphatic carbocycles. The van der Waals surface area contributed by atoms with Crippen molar-refractivity contribution in [2.24, 2.45) is 5.92 Å². The SMILES string of the molecule is O=C(NCc1ccc(NC(=O)C2CC2)nc1)c1cncc2c1cnn2-c1ccc(F)cc1. The molecule has 0 spiro atoms. The van der Waals surface area contributed by atoms with Gasteiger partial charge in [-0.05, 0) is 48.7 Å². The quantitative estimate of drug-likeness (QED) is 0.489. The number of nitrogens with zero attached hydrogens (tertiary/aromatic N) is 4. The molecule has 8 nitrogen and oxygen atoms in total. The second-order valence-electron chi connectivity index (χ2n) is 7.65. The number of hydrogen-bond donors (Lipinski definition) is 2. The molecular weight excluding hydrogens is 411 g/mol. The van der Waals surface area contributed by atoms with E-state index >= 15 is 0 Å². The van der Waals surface area contributed by atoms with Crippen LogP contribution in [0, 0.1) is 11.7 Å². The number of benzene rings is 1. The highest BCUT2D eigenvalue weighted by atomic mass is 19.1. The smallest absolute Gasteiger partial charge is 0.253 e. The van der Waals surface area contributed by atoms with Crippen LogP contribution in [0.2, 0.25) is 0 Å². The van der Waals surface area contributed by atoms with Crippen molar-refractivity contribution >= 4 is 28.5 Å². The number of aromatic nitrogens is 4. The Balaban J connectivity index is 1.28. The van der Waals surface area contributed by atoms with E-state index in [1.807, 2.05) is 0 Å². The number of carbonyl (C=O) groups is 2. The molecule has 2 amide bonds. The number of amides is 2. The molecule has 1 aliphatic rings. The summed E-state index contributed by atoms with van der Waals surface area (Å²) in [4.78, 5) is 33.0. The Morgan fingerprint density at radius 1 is 1.03 bits per heavy atom. The molecule has 160 valence electrons. The predicted molar refractivity (Wildman–Crippen MR) is 116 cm³/mol. The van der Waals surface area contributed by atoms with Crippen LogP contribution in [0.5, 0.6) is 0 Å². The van der Waals surface area contributed by atoms with Crippen LogP contribution < -0.4 is 10.6 Å². The summed E-state index contributed by atoms with van der Waals surface area (Å²) in [6.07, 6.45) is 8.17. The summed E-state index contributed by atoms with van der Waals surface area (Å²) in [6.45, 7) is 0.269. The third-order valence-electron chi connectivity index (χ3n) is 5.29. The number of rotatable bonds is 6. The highest BCUT2D eigenvalue weighted by Gasteiger charge is 2.29. The Labute approximate surface area is 182 Å². The normalized spacial score (nSPS) is 13.2. The van der Waals surface area contributed by atoms with E-state index in [9.17, 15) is 14.0 Å². The fourth-order valence-corrected chi connectivity index (χ4v) is 3.36. The second-order valence-corrected chi connectivity index (χ2v) is 7.65. The van der Waals surface area contributed by atoms with Crippen LogP contribution in [-0.2, 0) is 11.3 Å². The maximum absolute atomic E-state index is 13.2. The van der Waals surface area contributed by atoms with Crippen LogP contribution >= 0.6 is 0 Å². The van der Waals surface area contributed by atoms with Crippen LogP contribution in [0.1, 0.15) is 28.8 Å². The highest BCUT2D eigenvalue weighted by Crippen LogP contribution is 2.29. The van der Waals surface area contributed by atoms with Crippen molar-refractivity contribution < 1.29 is 14.0 Å². The molecular formula is C23H19FN6O2. The van der Waals surface area contributed by atoms with Crippen molar-refractivity contribution in [1.82, 2.24) is 25.1 Å². The summed E-state index contributed by atoms with van der Waals surface area (Å²) in [5.74, 6) is -0.0249. The average Bonchev–Trinajstić information content (AvgIpc) is 3.58. The van der Waals surface area contributed by atoms with Crippen LogP contribution in [0.25, 0.3) is 16.6 Å². The summed E-state index contributed by atoms with van der Waals surface area (Å²) in [5.41, 5.74) is 2.49. The van der Waals surface area contributed by atoms with Crippen molar-refractivity contribution in [3.63, 3.8) is 0 Å². The van der Waals surface area contributed by atoms with Crippen molar-refractivity contribution in [2.45, 2.75) is 19.4 Å². The van der Waals surface area contributed by atoms with Gasteiger partial charge in [-0.25, -0.2) is 14.1 Å². The van der Waals surface area contributed by atoms with E-state index in [-0.39, 0.29) is 30.1 Å². The first-order chi connectivity index (χ1) is 15.6. The maximum atomic E-state index is 13.2. The van der Waals surface area contributed by atoms with Crippen molar-refractivity contribution in [3.8, 4) is 5.69 Å². The molecule has 5 rings (SSSR count). The number of halogens is 1. The topological polar surface area (TPSA) is 102 Å². The third-order valence-corrected chi connectivity index (χ3v) is 5.29. The van der Waals surface area contributed by atoms with E-state index in [0.29, 0.717) is 28.0 Å². The Hall–Kier alpha value is -4.14. The monoisotopic (exact) mass is 430 g/mol. The largest absolute Gasteiger partial charge is 0.348 e. The van der Waals surface area contributed by atoms with Gasteiger partial charge < -0.3 is 10.6 Å². The lowest BCUT2D eigenvalue weighted by Gasteiger charge is -2.08. The standard InChI is InChI=1S/C23H19FN6O2/c24-16-4-6-17(7-5-16)30-20-13-25-11-19(18(20)12-28-30)23(32)27-10-14-1-8-21(26-9-14)29-22(31)15-2-3-15/h1,4-9,11-13,15H,2-3,10H2,(H,27,32)(H,26,29,31). The molecule has 1 fully saturated rings. The molecule has 0 unspecified atom stereocenters. The van der Waals surface area contributed by atoms with Gasteiger partial charge in [-0.3, -0.25) is 14.6 Å². The molecule has 0 atom stereocenters. The van der Waals surface area contributed by atoms with Gasteiger partial charge in [0.15, 0.2) is 0 Å². The zero-order valence-electron chi connectivity index (χ0n) is 17.0. The summed E-state index contributed by atoms with van der Waals surface area (Å²) < 4.78 is 14.8. The predicted octanol–water partition coefficient (Wildman–Crippen LogP) is 3.23. The first-order valence-corrected chi connectivity index (χ1v) is 10.2. The lowest BCUT2D eigenvalue weighted by molar-refractivity contribution is -0.117. The lowest BCUT2D eigenvalue weighted by Crippen LogP contribution is -2.23. The molecule has 3 aromatic heterocycles. The minimum atomic E-state index is -0.337. The Bertz CT molecular complexity index is 1300. The highest BCUT2D eigenvalue weighted by molar-refractivity contribution is 6.05. The summed E-state index contributed by atoms with van der Waals surface area (Å²) in [6, 6.07) is 9.45. The van der Waals surface area contributed by atoms with Crippen molar-refractivity contribution in [1.29, 1.82) is 0 Å². The number of pyridine rings is 2. The van der Waals surface area contributed by atoms with Gasteiger partial charge in [0, 0.05) is 30.2 Å². The fraction of sp³-hybridized carbons (Fsp3) is 0.174. The molecule has 0 saturated heterocycles. The molecule has 32 heavy (non-hydrogen) atoms. The molecule has 9 heteroatoms. The Kier molecular flexibility index (Phi) is 5.06. The van der Waals surface area contributed by atoms with E-state index in [4.69, 9.17) is 0 Å². The first-order valence-electron chi connectivity index (χ1n) is 10.2. The summed E-state index contributed by atoms with van der Waals surface area (Å²) >= 11 is 0. The summed E-state index contributed by atoms with van der Waals surface area (Å²) in [7, 11) is 0. The molecule has 0 aliphatic heterocycles. The van der Waals surface area contributed by atoms with Crippen molar-refractivity contribution in [2.75, 3.05) is 5.32 Å². The zero-order chi connectivity index (χ0) is 22.1. The Morgan fingerprint density at radius 3 is 2.56 bits per heavy atom. The van der Waals surface area contributed by atoms with E-state index in [1.54, 1.807) is 47.5 Å². The van der Waals surface area contributed by atoms with Gasteiger partial charge in [-0.15, -0.1) is 0 Å². The summed E-state index contributed by atoms with van der Waals surface area (Å²) in [5, 5.41) is 10.6. The molecule has 4 aromatic rings. The first kappa shape index (κ1) is 19.8. The lowest BCUT2D eigenvalue weighted by atomic mass is 10.1. The van der Waals surface area contributed by atoms with Gasteiger partial charge in [0.2, 0.25) is 5.91 Å². The number of fused-ring (bicyclic) bond motifs is 1. The molecule has 3 heterocycles. The third kappa shape index (κ3) is 4.04. The van der Waals surface area contributed by atoms with Gasteiger partial charge >= 0.3 is 0 Å². The average molecular weight is 430 g/mol. The van der Waals surface area contributed by atoms with Gasteiger partial charge in [0.05, 0.1) is 29.2 Å².